The molecule has 0 aliphatic carbocycles. The van der Waals surface area contributed by atoms with Crippen LogP contribution in [0, 0.1) is 17.5 Å². The fraction of sp³-hybridized carbons (Fsp3) is 0.133. The van der Waals surface area contributed by atoms with Gasteiger partial charge in [-0.25, -0.2) is 13.2 Å². The van der Waals surface area contributed by atoms with E-state index >= 15 is 0 Å². The Morgan fingerprint density at radius 1 is 1.05 bits per heavy atom. The zero-order valence-corrected chi connectivity index (χ0v) is 11.9. The molecule has 0 bridgehead atoms. The van der Waals surface area contributed by atoms with Gasteiger partial charge in [0.15, 0.2) is 11.6 Å². The number of halogens is 3. The van der Waals surface area contributed by atoms with Crippen LogP contribution in [0.1, 0.15) is 6.92 Å². The number of carbonyl (C=O) groups excluding carboxylic acids is 1. The molecule has 0 saturated heterocycles. The Balaban J connectivity index is 2.02. The van der Waals surface area contributed by atoms with E-state index in [9.17, 15) is 18.0 Å². The summed E-state index contributed by atoms with van der Waals surface area (Å²) in [6.45, 7) is 1.60. The predicted molar refractivity (Wildman–Crippen MR) is 76.7 cm³/mol. The number of rotatable bonds is 4. The number of carbonyl (C=O) groups is 1. The first-order valence-electron chi connectivity index (χ1n) is 6.14. The SMILES string of the molecule is C[C@H](Sc1ccc(F)c(F)c1)C(=O)Nc1ccccc1F. The number of benzene rings is 2. The Morgan fingerprint density at radius 3 is 2.43 bits per heavy atom. The minimum atomic E-state index is -0.971. The van der Waals surface area contributed by atoms with Crippen LogP contribution in [0.15, 0.2) is 47.4 Å². The van der Waals surface area contributed by atoms with E-state index in [-0.39, 0.29) is 5.69 Å². The van der Waals surface area contributed by atoms with Gasteiger partial charge in [0.25, 0.3) is 0 Å². The average molecular weight is 311 g/mol. The van der Waals surface area contributed by atoms with Crippen molar-refractivity contribution in [3.63, 3.8) is 0 Å². The largest absolute Gasteiger partial charge is 0.323 e. The molecule has 2 aromatic rings. The molecule has 2 rings (SSSR count). The van der Waals surface area contributed by atoms with Crippen molar-refractivity contribution < 1.29 is 18.0 Å². The highest BCUT2D eigenvalue weighted by molar-refractivity contribution is 8.00. The topological polar surface area (TPSA) is 29.1 Å². The van der Waals surface area contributed by atoms with E-state index in [2.05, 4.69) is 5.32 Å². The van der Waals surface area contributed by atoms with E-state index in [1.54, 1.807) is 13.0 Å². The first-order valence-corrected chi connectivity index (χ1v) is 7.02. The van der Waals surface area contributed by atoms with Gasteiger partial charge in [0, 0.05) is 4.90 Å². The van der Waals surface area contributed by atoms with Crippen LogP contribution >= 0.6 is 11.8 Å². The Kier molecular flexibility index (Phi) is 4.90. The van der Waals surface area contributed by atoms with Crippen LogP contribution in [-0.2, 0) is 4.79 Å². The Hall–Kier alpha value is -1.95. The van der Waals surface area contributed by atoms with E-state index in [1.807, 2.05) is 0 Å². The molecule has 6 heteroatoms. The summed E-state index contributed by atoms with van der Waals surface area (Å²) in [7, 11) is 0. The molecule has 110 valence electrons. The number of amides is 1. The molecule has 0 heterocycles. The van der Waals surface area contributed by atoms with Crippen molar-refractivity contribution in [3.05, 3.63) is 59.9 Å². The summed E-state index contributed by atoms with van der Waals surface area (Å²) >= 11 is 1.06. The van der Waals surface area contributed by atoms with Gasteiger partial charge >= 0.3 is 0 Å². The molecule has 0 aliphatic heterocycles. The predicted octanol–water partition coefficient (Wildman–Crippen LogP) is 4.22. The van der Waals surface area contributed by atoms with Crippen molar-refractivity contribution in [2.45, 2.75) is 17.1 Å². The third kappa shape index (κ3) is 4.01. The molecule has 0 spiro atoms. The average Bonchev–Trinajstić information content (AvgIpc) is 2.45. The smallest absolute Gasteiger partial charge is 0.237 e. The summed E-state index contributed by atoms with van der Waals surface area (Å²) in [5, 5.41) is 1.87. The van der Waals surface area contributed by atoms with Crippen LogP contribution in [0.25, 0.3) is 0 Å². The maximum atomic E-state index is 13.4. The fourth-order valence-electron chi connectivity index (χ4n) is 1.60. The van der Waals surface area contributed by atoms with E-state index in [0.29, 0.717) is 4.90 Å². The van der Waals surface area contributed by atoms with Gasteiger partial charge in [-0.1, -0.05) is 12.1 Å². The quantitative estimate of drug-likeness (QED) is 0.856. The van der Waals surface area contributed by atoms with Crippen LogP contribution in [0.3, 0.4) is 0 Å². The molecule has 2 aromatic carbocycles. The summed E-state index contributed by atoms with van der Waals surface area (Å²) in [5.74, 6) is -2.87. The molecule has 2 nitrogen and oxygen atoms in total. The van der Waals surface area contributed by atoms with Gasteiger partial charge in [0.05, 0.1) is 10.9 Å². The monoisotopic (exact) mass is 311 g/mol. The molecule has 0 saturated carbocycles. The van der Waals surface area contributed by atoms with Gasteiger partial charge in [-0.05, 0) is 37.3 Å². The maximum absolute atomic E-state index is 13.4. The number of hydrogen-bond acceptors (Lipinski definition) is 2. The lowest BCUT2D eigenvalue weighted by Gasteiger charge is -2.12. The molecule has 0 radical (unpaired) electrons. The summed E-state index contributed by atoms with van der Waals surface area (Å²) < 4.78 is 39.3. The molecule has 1 N–H and O–H groups in total. The molecular weight excluding hydrogens is 299 g/mol. The number of thioether (sulfide) groups is 1. The molecule has 1 atom stereocenters. The summed E-state index contributed by atoms with van der Waals surface area (Å²) in [6, 6.07) is 9.21. The third-order valence-electron chi connectivity index (χ3n) is 2.70. The molecule has 0 unspecified atom stereocenters. The Bertz CT molecular complexity index is 663. The van der Waals surface area contributed by atoms with Crippen molar-refractivity contribution in [1.82, 2.24) is 0 Å². The Morgan fingerprint density at radius 2 is 1.76 bits per heavy atom. The standard InChI is InChI=1S/C15H12F3NOS/c1-9(21-10-6-7-11(16)13(18)8-10)15(20)19-14-5-3-2-4-12(14)17/h2-9H,1H3,(H,19,20)/t9-/m0/s1. The summed E-state index contributed by atoms with van der Waals surface area (Å²) in [6.07, 6.45) is 0. The maximum Gasteiger partial charge on any atom is 0.237 e. The highest BCUT2D eigenvalue weighted by Crippen LogP contribution is 2.26. The molecule has 0 fully saturated rings. The van der Waals surface area contributed by atoms with Gasteiger partial charge in [-0.15, -0.1) is 11.8 Å². The fourth-order valence-corrected chi connectivity index (χ4v) is 2.50. The van der Waals surface area contributed by atoms with E-state index in [1.165, 1.54) is 24.3 Å². The lowest BCUT2D eigenvalue weighted by atomic mass is 10.3. The summed E-state index contributed by atoms with van der Waals surface area (Å²) in [4.78, 5) is 12.4. The van der Waals surface area contributed by atoms with Crippen LogP contribution < -0.4 is 5.32 Å². The molecular formula is C15H12F3NOS. The van der Waals surface area contributed by atoms with Crippen molar-refractivity contribution in [2.75, 3.05) is 5.32 Å². The van der Waals surface area contributed by atoms with Gasteiger partial charge in [-0.3, -0.25) is 4.79 Å². The van der Waals surface area contributed by atoms with Gasteiger partial charge in [0.1, 0.15) is 5.82 Å². The van der Waals surface area contributed by atoms with Crippen LogP contribution in [0.4, 0.5) is 18.9 Å². The molecule has 1 amide bonds. The van der Waals surface area contributed by atoms with E-state index < -0.39 is 28.6 Å². The Labute approximate surface area is 124 Å². The van der Waals surface area contributed by atoms with Gasteiger partial charge < -0.3 is 5.32 Å². The second kappa shape index (κ2) is 6.67. The second-order valence-corrected chi connectivity index (χ2v) is 5.72. The zero-order chi connectivity index (χ0) is 15.4. The van der Waals surface area contributed by atoms with E-state index in [4.69, 9.17) is 0 Å². The lowest BCUT2D eigenvalue weighted by molar-refractivity contribution is -0.115. The number of para-hydroxylation sites is 1. The normalized spacial score (nSPS) is 12.0. The van der Waals surface area contributed by atoms with Crippen molar-refractivity contribution in [2.24, 2.45) is 0 Å². The van der Waals surface area contributed by atoms with Crippen LogP contribution in [-0.4, -0.2) is 11.2 Å². The van der Waals surface area contributed by atoms with Gasteiger partial charge in [-0.2, -0.15) is 0 Å². The van der Waals surface area contributed by atoms with Crippen molar-refractivity contribution in [1.29, 1.82) is 0 Å². The summed E-state index contributed by atoms with van der Waals surface area (Å²) in [5.41, 5.74) is 0.0836. The minimum absolute atomic E-state index is 0.0836. The molecule has 21 heavy (non-hydrogen) atoms. The van der Waals surface area contributed by atoms with Gasteiger partial charge in [0.2, 0.25) is 5.91 Å². The van der Waals surface area contributed by atoms with Crippen LogP contribution in [0.5, 0.6) is 0 Å². The van der Waals surface area contributed by atoms with Crippen molar-refractivity contribution >= 4 is 23.4 Å². The highest BCUT2D eigenvalue weighted by Gasteiger charge is 2.16. The first kappa shape index (κ1) is 15.4. The number of nitrogens with one attached hydrogen (secondary N) is 1. The lowest BCUT2D eigenvalue weighted by Crippen LogP contribution is -2.22. The first-order chi connectivity index (χ1) is 9.97. The van der Waals surface area contributed by atoms with Crippen LogP contribution in [0.2, 0.25) is 0 Å². The zero-order valence-electron chi connectivity index (χ0n) is 11.1. The van der Waals surface area contributed by atoms with E-state index in [0.717, 1.165) is 23.9 Å². The molecule has 0 aliphatic rings. The number of anilines is 1. The number of hydrogen-bond donors (Lipinski definition) is 1. The van der Waals surface area contributed by atoms with Crippen molar-refractivity contribution in [3.8, 4) is 0 Å². The highest BCUT2D eigenvalue weighted by atomic mass is 32.2. The minimum Gasteiger partial charge on any atom is -0.323 e. The third-order valence-corrected chi connectivity index (χ3v) is 3.80. The molecule has 0 aromatic heterocycles. The second-order valence-electron chi connectivity index (χ2n) is 4.31.